The minimum absolute atomic E-state index is 0.0191. The Morgan fingerprint density at radius 1 is 0.933 bits per heavy atom. The van der Waals surface area contributed by atoms with Gasteiger partial charge in [-0.3, -0.25) is 9.63 Å². The number of para-hydroxylation sites is 1. The smallest absolute Gasteiger partial charge is 0.319 e. The monoisotopic (exact) mass is 434 g/mol. The molecule has 10 heteroatoms. The first-order valence-electron chi connectivity index (χ1n) is 9.21. The Morgan fingerprint density at radius 3 is 2.03 bits per heavy atom. The van der Waals surface area contributed by atoms with Crippen LogP contribution in [0.2, 0.25) is 0 Å². The Balaban J connectivity index is 2.05. The highest BCUT2D eigenvalue weighted by molar-refractivity contribution is 7.89. The molecule has 1 unspecified atom stereocenters. The van der Waals surface area contributed by atoms with E-state index in [9.17, 15) is 18.0 Å². The van der Waals surface area contributed by atoms with Crippen molar-refractivity contribution in [2.24, 2.45) is 5.92 Å². The molecule has 0 aliphatic carbocycles. The van der Waals surface area contributed by atoms with Crippen molar-refractivity contribution in [1.29, 1.82) is 0 Å². The van der Waals surface area contributed by atoms with E-state index in [0.29, 0.717) is 11.4 Å². The van der Waals surface area contributed by atoms with Gasteiger partial charge < -0.3 is 16.0 Å². The summed E-state index contributed by atoms with van der Waals surface area (Å²) in [6.07, 6.45) is 0. The summed E-state index contributed by atoms with van der Waals surface area (Å²) in [7, 11) is -1.25. The standard InChI is InChI=1S/C20H26N4O5S/c1-14(2)18(23-20(26)22-15-8-6-5-7-9-15)19(25)21-16-10-12-17(13-11-16)30(27,28)24(3)29-4/h5-14,18H,1-4H3,(H,21,25)(H2,22,23,26). The number of rotatable bonds is 8. The zero-order valence-electron chi connectivity index (χ0n) is 17.2. The molecule has 2 aromatic rings. The number of carbonyl (C=O) groups is 2. The second-order valence-corrected chi connectivity index (χ2v) is 8.73. The van der Waals surface area contributed by atoms with Crippen molar-refractivity contribution in [1.82, 2.24) is 9.79 Å². The molecule has 2 rings (SSSR count). The summed E-state index contributed by atoms with van der Waals surface area (Å²) in [4.78, 5) is 29.7. The summed E-state index contributed by atoms with van der Waals surface area (Å²) >= 11 is 0. The summed E-state index contributed by atoms with van der Waals surface area (Å²) < 4.78 is 25.2. The van der Waals surface area contributed by atoms with Gasteiger partial charge in [0.05, 0.1) is 12.0 Å². The number of anilines is 2. The van der Waals surface area contributed by atoms with E-state index < -0.39 is 28.0 Å². The van der Waals surface area contributed by atoms with Gasteiger partial charge in [-0.25, -0.2) is 13.2 Å². The lowest BCUT2D eigenvalue weighted by molar-refractivity contribution is -0.118. The van der Waals surface area contributed by atoms with E-state index in [1.807, 2.05) is 19.9 Å². The number of carbonyl (C=O) groups excluding carboxylic acids is 2. The molecule has 0 aliphatic rings. The van der Waals surface area contributed by atoms with Gasteiger partial charge in [-0.1, -0.05) is 36.5 Å². The molecule has 0 heterocycles. The minimum atomic E-state index is -3.78. The number of hydroxylamine groups is 1. The van der Waals surface area contributed by atoms with Crippen molar-refractivity contribution in [2.75, 3.05) is 24.8 Å². The number of nitrogens with one attached hydrogen (secondary N) is 3. The highest BCUT2D eigenvalue weighted by atomic mass is 32.2. The van der Waals surface area contributed by atoms with Crippen LogP contribution in [0.5, 0.6) is 0 Å². The fourth-order valence-corrected chi connectivity index (χ4v) is 3.51. The van der Waals surface area contributed by atoms with Crippen LogP contribution in [0.15, 0.2) is 59.5 Å². The fourth-order valence-electron chi connectivity index (χ4n) is 2.54. The molecular formula is C20H26N4O5S. The molecule has 0 radical (unpaired) electrons. The number of benzene rings is 2. The van der Waals surface area contributed by atoms with E-state index in [2.05, 4.69) is 16.0 Å². The lowest BCUT2D eigenvalue weighted by Crippen LogP contribution is -2.48. The van der Waals surface area contributed by atoms with Gasteiger partial charge in [-0.05, 0) is 42.3 Å². The molecule has 0 spiro atoms. The second-order valence-electron chi connectivity index (χ2n) is 6.80. The van der Waals surface area contributed by atoms with E-state index in [1.54, 1.807) is 24.3 Å². The van der Waals surface area contributed by atoms with Crippen molar-refractivity contribution in [3.05, 3.63) is 54.6 Å². The second kappa shape index (κ2) is 10.2. The average molecular weight is 435 g/mol. The van der Waals surface area contributed by atoms with E-state index in [-0.39, 0.29) is 10.8 Å². The van der Waals surface area contributed by atoms with Crippen LogP contribution in [0.4, 0.5) is 16.2 Å². The maximum atomic E-state index is 12.7. The summed E-state index contributed by atoms with van der Waals surface area (Å²) in [5.41, 5.74) is 1.01. The van der Waals surface area contributed by atoms with Crippen LogP contribution in [0.3, 0.4) is 0 Å². The van der Waals surface area contributed by atoms with Gasteiger partial charge in [0.1, 0.15) is 6.04 Å². The highest BCUT2D eigenvalue weighted by Gasteiger charge is 2.25. The predicted octanol–water partition coefficient (Wildman–Crippen LogP) is 2.65. The highest BCUT2D eigenvalue weighted by Crippen LogP contribution is 2.18. The molecule has 0 bridgehead atoms. The average Bonchev–Trinajstić information content (AvgIpc) is 2.72. The molecular weight excluding hydrogens is 408 g/mol. The largest absolute Gasteiger partial charge is 0.326 e. The third-order valence-corrected chi connectivity index (χ3v) is 5.98. The third-order valence-electron chi connectivity index (χ3n) is 4.28. The molecule has 0 fully saturated rings. The molecule has 1 atom stereocenters. The quantitative estimate of drug-likeness (QED) is 0.552. The van der Waals surface area contributed by atoms with Crippen LogP contribution in [-0.2, 0) is 19.7 Å². The van der Waals surface area contributed by atoms with Crippen molar-refractivity contribution in [2.45, 2.75) is 24.8 Å². The van der Waals surface area contributed by atoms with E-state index in [4.69, 9.17) is 4.84 Å². The zero-order valence-corrected chi connectivity index (χ0v) is 18.1. The molecule has 0 saturated heterocycles. The van der Waals surface area contributed by atoms with Crippen LogP contribution >= 0.6 is 0 Å². The van der Waals surface area contributed by atoms with Crippen LogP contribution < -0.4 is 16.0 Å². The SMILES string of the molecule is CON(C)S(=O)(=O)c1ccc(NC(=O)C(NC(=O)Nc2ccccc2)C(C)C)cc1. The van der Waals surface area contributed by atoms with Gasteiger partial charge in [0, 0.05) is 18.4 Å². The molecule has 0 aromatic heterocycles. The number of amides is 3. The number of urea groups is 1. The normalized spacial score (nSPS) is 12.5. The first-order chi connectivity index (χ1) is 14.1. The molecule has 3 amide bonds. The summed E-state index contributed by atoms with van der Waals surface area (Å²) in [5.74, 6) is -0.598. The maximum absolute atomic E-state index is 12.7. The Labute approximate surface area is 176 Å². The van der Waals surface area contributed by atoms with E-state index >= 15 is 0 Å². The summed E-state index contributed by atoms with van der Waals surface area (Å²) in [5, 5.41) is 8.03. The molecule has 0 aliphatic heterocycles. The molecule has 9 nitrogen and oxygen atoms in total. The molecule has 162 valence electrons. The van der Waals surface area contributed by atoms with Gasteiger partial charge in [-0.2, -0.15) is 0 Å². The third kappa shape index (κ3) is 6.02. The first-order valence-corrected chi connectivity index (χ1v) is 10.7. The Hall–Kier alpha value is -2.95. The molecule has 30 heavy (non-hydrogen) atoms. The maximum Gasteiger partial charge on any atom is 0.319 e. The van der Waals surface area contributed by atoms with Crippen molar-refractivity contribution >= 4 is 33.3 Å². The molecule has 0 saturated carbocycles. The van der Waals surface area contributed by atoms with Gasteiger partial charge in [-0.15, -0.1) is 0 Å². The van der Waals surface area contributed by atoms with Crippen LogP contribution in [0.25, 0.3) is 0 Å². The van der Waals surface area contributed by atoms with Crippen molar-refractivity contribution < 1.29 is 22.8 Å². The predicted molar refractivity (Wildman–Crippen MR) is 114 cm³/mol. The van der Waals surface area contributed by atoms with Crippen LogP contribution in [0.1, 0.15) is 13.8 Å². The number of hydrogen-bond acceptors (Lipinski definition) is 5. The van der Waals surface area contributed by atoms with Crippen molar-refractivity contribution in [3.8, 4) is 0 Å². The van der Waals surface area contributed by atoms with Gasteiger partial charge in [0.15, 0.2) is 0 Å². The van der Waals surface area contributed by atoms with Gasteiger partial charge in [0.25, 0.3) is 10.0 Å². The van der Waals surface area contributed by atoms with E-state index in [1.165, 1.54) is 38.4 Å². The van der Waals surface area contributed by atoms with Crippen LogP contribution in [-0.4, -0.2) is 45.0 Å². The number of hydrogen-bond donors (Lipinski definition) is 3. The number of nitrogens with zero attached hydrogens (tertiary/aromatic N) is 1. The minimum Gasteiger partial charge on any atom is -0.326 e. The lowest BCUT2D eigenvalue weighted by Gasteiger charge is -2.22. The Morgan fingerprint density at radius 2 is 1.50 bits per heavy atom. The van der Waals surface area contributed by atoms with Crippen LogP contribution in [0, 0.1) is 5.92 Å². The summed E-state index contributed by atoms with van der Waals surface area (Å²) in [6.45, 7) is 3.62. The number of sulfonamides is 1. The Kier molecular flexibility index (Phi) is 7.93. The Bertz CT molecular complexity index is 962. The van der Waals surface area contributed by atoms with E-state index in [0.717, 1.165) is 4.47 Å². The van der Waals surface area contributed by atoms with Gasteiger partial charge in [0.2, 0.25) is 5.91 Å². The zero-order chi connectivity index (χ0) is 22.3. The van der Waals surface area contributed by atoms with Gasteiger partial charge >= 0.3 is 6.03 Å². The topological polar surface area (TPSA) is 117 Å². The molecule has 2 aromatic carbocycles. The van der Waals surface area contributed by atoms with Crippen molar-refractivity contribution in [3.63, 3.8) is 0 Å². The first kappa shape index (κ1) is 23.3. The summed E-state index contributed by atoms with van der Waals surface area (Å²) in [6, 6.07) is 13.2. The molecule has 3 N–H and O–H groups in total. The lowest BCUT2D eigenvalue weighted by atomic mass is 10.0. The fraction of sp³-hybridized carbons (Fsp3) is 0.300.